The summed E-state index contributed by atoms with van der Waals surface area (Å²) in [6.07, 6.45) is 0.127. The van der Waals surface area contributed by atoms with Gasteiger partial charge in [0.05, 0.1) is 12.2 Å². The van der Waals surface area contributed by atoms with E-state index in [0.29, 0.717) is 23.5 Å². The number of carbonyl (C=O) groups is 1. The molecule has 0 radical (unpaired) electrons. The van der Waals surface area contributed by atoms with E-state index in [1.807, 2.05) is 13.0 Å². The highest BCUT2D eigenvalue weighted by Crippen LogP contribution is 2.23. The van der Waals surface area contributed by atoms with Crippen molar-refractivity contribution in [1.29, 1.82) is 0 Å². The number of ether oxygens (including phenoxy) is 1. The number of carbonyl (C=O) groups excluding carboxylic acids is 1. The maximum atomic E-state index is 13.2. The summed E-state index contributed by atoms with van der Waals surface area (Å²) in [4.78, 5) is 12.3. The van der Waals surface area contributed by atoms with E-state index in [9.17, 15) is 9.18 Å². The molecular formula is C16H14BrFO2. The second kappa shape index (κ2) is 6.66. The predicted molar refractivity (Wildman–Crippen MR) is 79.7 cm³/mol. The zero-order valence-corrected chi connectivity index (χ0v) is 12.6. The van der Waals surface area contributed by atoms with Gasteiger partial charge in [-0.05, 0) is 42.8 Å². The summed E-state index contributed by atoms with van der Waals surface area (Å²) >= 11 is 3.33. The Bertz CT molecular complexity index is 626. The summed E-state index contributed by atoms with van der Waals surface area (Å²) in [6, 6.07) is 11.4. The smallest absolute Gasteiger partial charge is 0.170 e. The van der Waals surface area contributed by atoms with Crippen molar-refractivity contribution in [3.8, 4) is 5.75 Å². The lowest BCUT2D eigenvalue weighted by atomic mass is 10.0. The van der Waals surface area contributed by atoms with Gasteiger partial charge in [0.25, 0.3) is 0 Å². The van der Waals surface area contributed by atoms with Gasteiger partial charge in [-0.3, -0.25) is 4.79 Å². The molecule has 2 aromatic carbocycles. The number of Topliss-reactive ketones (excluding diaryl/α,β-unsaturated/α-hetero) is 1. The zero-order valence-electron chi connectivity index (χ0n) is 11.0. The van der Waals surface area contributed by atoms with Gasteiger partial charge in [0.15, 0.2) is 5.78 Å². The van der Waals surface area contributed by atoms with Crippen LogP contribution in [0.15, 0.2) is 46.9 Å². The highest BCUT2D eigenvalue weighted by molar-refractivity contribution is 9.10. The highest BCUT2D eigenvalue weighted by atomic mass is 79.9. The molecule has 4 heteroatoms. The lowest BCUT2D eigenvalue weighted by Crippen LogP contribution is -2.07. The van der Waals surface area contributed by atoms with Crippen LogP contribution in [0.1, 0.15) is 22.8 Å². The number of halogens is 2. The molecule has 0 saturated carbocycles. The molecule has 0 saturated heterocycles. The van der Waals surface area contributed by atoms with E-state index in [0.717, 1.165) is 4.47 Å². The monoisotopic (exact) mass is 336 g/mol. The molecule has 104 valence electrons. The number of benzene rings is 2. The van der Waals surface area contributed by atoms with E-state index in [4.69, 9.17) is 4.74 Å². The standard InChI is InChI=1S/C16H14BrFO2/c1-2-20-16-6-4-3-5-13(16)15(19)10-11-9-12(18)7-8-14(11)17/h3-9H,2,10H2,1H3. The van der Waals surface area contributed by atoms with Gasteiger partial charge in [0.1, 0.15) is 11.6 Å². The minimum atomic E-state index is -0.353. The summed E-state index contributed by atoms with van der Waals surface area (Å²) in [5.74, 6) is 0.113. The molecule has 20 heavy (non-hydrogen) atoms. The second-order valence-electron chi connectivity index (χ2n) is 4.26. The number of ketones is 1. The first-order valence-electron chi connectivity index (χ1n) is 6.30. The first-order chi connectivity index (χ1) is 9.61. The Kier molecular flexibility index (Phi) is 4.90. The molecule has 0 fully saturated rings. The van der Waals surface area contributed by atoms with Crippen LogP contribution in [0.5, 0.6) is 5.75 Å². The van der Waals surface area contributed by atoms with Crippen molar-refractivity contribution in [3.05, 3.63) is 63.9 Å². The fourth-order valence-electron chi connectivity index (χ4n) is 1.93. The fraction of sp³-hybridized carbons (Fsp3) is 0.188. The minimum Gasteiger partial charge on any atom is -0.493 e. The molecule has 0 bridgehead atoms. The SMILES string of the molecule is CCOc1ccccc1C(=O)Cc1cc(F)ccc1Br. The number of rotatable bonds is 5. The van der Waals surface area contributed by atoms with Gasteiger partial charge >= 0.3 is 0 Å². The van der Waals surface area contributed by atoms with Gasteiger partial charge in [-0.25, -0.2) is 4.39 Å². The molecule has 2 nitrogen and oxygen atoms in total. The average molecular weight is 337 g/mol. The fourth-order valence-corrected chi connectivity index (χ4v) is 2.31. The Morgan fingerprint density at radius 3 is 2.75 bits per heavy atom. The summed E-state index contributed by atoms with van der Waals surface area (Å²) in [6.45, 7) is 2.36. The number of para-hydroxylation sites is 1. The molecule has 2 aromatic rings. The van der Waals surface area contributed by atoms with Gasteiger partial charge in [-0.15, -0.1) is 0 Å². The molecule has 0 aliphatic rings. The Hall–Kier alpha value is -1.68. The van der Waals surface area contributed by atoms with E-state index in [1.165, 1.54) is 12.1 Å². The molecule has 0 amide bonds. The normalized spacial score (nSPS) is 10.3. The molecule has 0 spiro atoms. The van der Waals surface area contributed by atoms with Crippen LogP contribution in [0.2, 0.25) is 0 Å². The van der Waals surface area contributed by atoms with Crippen LogP contribution in [-0.4, -0.2) is 12.4 Å². The number of hydrogen-bond donors (Lipinski definition) is 0. The first kappa shape index (κ1) is 14.7. The maximum Gasteiger partial charge on any atom is 0.170 e. The Morgan fingerprint density at radius 1 is 1.25 bits per heavy atom. The van der Waals surface area contributed by atoms with Crippen LogP contribution in [0.3, 0.4) is 0 Å². The van der Waals surface area contributed by atoms with Crippen molar-refractivity contribution in [3.63, 3.8) is 0 Å². The third-order valence-electron chi connectivity index (χ3n) is 2.85. The van der Waals surface area contributed by atoms with Crippen molar-refractivity contribution >= 4 is 21.7 Å². The summed E-state index contributed by atoms with van der Waals surface area (Å²) in [5.41, 5.74) is 1.15. The third kappa shape index (κ3) is 3.45. The number of hydrogen-bond acceptors (Lipinski definition) is 2. The van der Waals surface area contributed by atoms with Crippen molar-refractivity contribution < 1.29 is 13.9 Å². The molecule has 0 atom stereocenters. The second-order valence-corrected chi connectivity index (χ2v) is 5.12. The largest absolute Gasteiger partial charge is 0.493 e. The topological polar surface area (TPSA) is 26.3 Å². The van der Waals surface area contributed by atoms with Gasteiger partial charge < -0.3 is 4.74 Å². The van der Waals surface area contributed by atoms with Crippen LogP contribution in [-0.2, 0) is 6.42 Å². The maximum absolute atomic E-state index is 13.2. The van der Waals surface area contributed by atoms with Crippen molar-refractivity contribution in [2.45, 2.75) is 13.3 Å². The summed E-state index contributed by atoms with van der Waals surface area (Å²) in [5, 5.41) is 0. The molecule has 0 heterocycles. The van der Waals surface area contributed by atoms with E-state index >= 15 is 0 Å². The molecule has 2 rings (SSSR count). The molecular weight excluding hydrogens is 323 g/mol. The molecule has 0 N–H and O–H groups in total. The minimum absolute atomic E-state index is 0.0969. The van der Waals surface area contributed by atoms with E-state index in [2.05, 4.69) is 15.9 Å². The highest BCUT2D eigenvalue weighted by Gasteiger charge is 2.14. The molecule has 0 aromatic heterocycles. The average Bonchev–Trinajstić information content (AvgIpc) is 2.44. The Morgan fingerprint density at radius 2 is 2.00 bits per heavy atom. The van der Waals surface area contributed by atoms with E-state index < -0.39 is 0 Å². The van der Waals surface area contributed by atoms with Crippen LogP contribution < -0.4 is 4.74 Å². The van der Waals surface area contributed by atoms with Gasteiger partial charge in [0.2, 0.25) is 0 Å². The van der Waals surface area contributed by atoms with Crippen LogP contribution in [0, 0.1) is 5.82 Å². The first-order valence-corrected chi connectivity index (χ1v) is 7.10. The van der Waals surface area contributed by atoms with Crippen LogP contribution in [0.4, 0.5) is 4.39 Å². The van der Waals surface area contributed by atoms with Gasteiger partial charge in [-0.1, -0.05) is 28.1 Å². The predicted octanol–water partition coefficient (Wildman–Crippen LogP) is 4.41. The Balaban J connectivity index is 2.26. The lowest BCUT2D eigenvalue weighted by Gasteiger charge is -2.10. The third-order valence-corrected chi connectivity index (χ3v) is 3.62. The van der Waals surface area contributed by atoms with Crippen LogP contribution in [0.25, 0.3) is 0 Å². The summed E-state index contributed by atoms with van der Waals surface area (Å²) < 4.78 is 19.4. The van der Waals surface area contributed by atoms with Crippen molar-refractivity contribution in [1.82, 2.24) is 0 Å². The molecule has 0 aliphatic carbocycles. The molecule has 0 aliphatic heterocycles. The summed E-state index contributed by atoms with van der Waals surface area (Å²) in [7, 11) is 0. The van der Waals surface area contributed by atoms with Crippen molar-refractivity contribution in [2.75, 3.05) is 6.61 Å². The van der Waals surface area contributed by atoms with Crippen LogP contribution >= 0.6 is 15.9 Å². The quantitative estimate of drug-likeness (QED) is 0.756. The molecule has 0 unspecified atom stereocenters. The van der Waals surface area contributed by atoms with E-state index in [1.54, 1.807) is 24.3 Å². The van der Waals surface area contributed by atoms with Gasteiger partial charge in [-0.2, -0.15) is 0 Å². The van der Waals surface area contributed by atoms with Gasteiger partial charge in [0, 0.05) is 10.9 Å². The Labute approximate surface area is 125 Å². The van der Waals surface area contributed by atoms with E-state index in [-0.39, 0.29) is 18.0 Å². The van der Waals surface area contributed by atoms with Crippen molar-refractivity contribution in [2.24, 2.45) is 0 Å². The zero-order chi connectivity index (χ0) is 14.5. The lowest BCUT2D eigenvalue weighted by molar-refractivity contribution is 0.0989.